The van der Waals surface area contributed by atoms with E-state index in [4.69, 9.17) is 5.73 Å². The second-order valence-corrected chi connectivity index (χ2v) is 6.35. The molecule has 0 spiro atoms. The van der Waals surface area contributed by atoms with E-state index >= 15 is 0 Å². The van der Waals surface area contributed by atoms with Crippen molar-refractivity contribution in [1.29, 1.82) is 0 Å². The Morgan fingerprint density at radius 1 is 1.14 bits per heavy atom. The van der Waals surface area contributed by atoms with Crippen molar-refractivity contribution in [3.05, 3.63) is 58.3 Å². The van der Waals surface area contributed by atoms with Crippen LogP contribution in [0.25, 0.3) is 0 Å². The minimum Gasteiger partial charge on any atom is -0.340 e. The lowest BCUT2D eigenvalue weighted by Gasteiger charge is -2.24. The van der Waals surface area contributed by atoms with Gasteiger partial charge in [0.2, 0.25) is 5.91 Å². The molecule has 5 heteroatoms. The summed E-state index contributed by atoms with van der Waals surface area (Å²) in [5.74, 6) is 0.123. The zero-order valence-electron chi connectivity index (χ0n) is 12.9. The standard InChI is InChI=1S/C17H23N3OS/c1-19(13-16-8-5-11-22-16)17(21)14-20(10-9-18)12-15-6-3-2-4-7-15/h2-8,11H,9-10,12-14,18H2,1H3. The predicted molar refractivity (Wildman–Crippen MR) is 91.6 cm³/mol. The fraction of sp³-hybridized carbons (Fsp3) is 0.353. The molecule has 1 heterocycles. The van der Waals surface area contributed by atoms with Crippen LogP contribution in [0.2, 0.25) is 0 Å². The average Bonchev–Trinajstić information content (AvgIpc) is 3.01. The third-order valence-electron chi connectivity index (χ3n) is 3.45. The fourth-order valence-corrected chi connectivity index (χ4v) is 3.03. The Kier molecular flexibility index (Phi) is 6.58. The lowest BCUT2D eigenvalue weighted by atomic mass is 10.2. The van der Waals surface area contributed by atoms with Crippen LogP contribution in [0, 0.1) is 0 Å². The number of amides is 1. The number of hydrogen-bond acceptors (Lipinski definition) is 4. The summed E-state index contributed by atoms with van der Waals surface area (Å²) < 4.78 is 0. The van der Waals surface area contributed by atoms with Gasteiger partial charge in [0, 0.05) is 31.6 Å². The van der Waals surface area contributed by atoms with Crippen molar-refractivity contribution < 1.29 is 4.79 Å². The normalized spacial score (nSPS) is 10.9. The maximum absolute atomic E-state index is 12.4. The highest BCUT2D eigenvalue weighted by Crippen LogP contribution is 2.11. The maximum Gasteiger partial charge on any atom is 0.236 e. The van der Waals surface area contributed by atoms with Crippen LogP contribution in [0.15, 0.2) is 47.8 Å². The Labute approximate surface area is 136 Å². The van der Waals surface area contributed by atoms with Gasteiger partial charge in [0.25, 0.3) is 0 Å². The van der Waals surface area contributed by atoms with Crippen molar-refractivity contribution in [1.82, 2.24) is 9.80 Å². The lowest BCUT2D eigenvalue weighted by molar-refractivity contribution is -0.131. The number of likely N-dealkylation sites (N-methyl/N-ethyl adjacent to an activating group) is 1. The van der Waals surface area contributed by atoms with Gasteiger partial charge in [0.1, 0.15) is 0 Å². The number of hydrogen-bond donors (Lipinski definition) is 1. The Morgan fingerprint density at radius 2 is 1.91 bits per heavy atom. The Hall–Kier alpha value is -1.69. The molecule has 0 atom stereocenters. The number of carbonyl (C=O) groups excluding carboxylic acids is 1. The molecule has 1 aromatic carbocycles. The van der Waals surface area contributed by atoms with E-state index in [0.717, 1.165) is 6.54 Å². The van der Waals surface area contributed by atoms with Gasteiger partial charge in [-0.05, 0) is 17.0 Å². The van der Waals surface area contributed by atoms with E-state index in [1.54, 1.807) is 16.2 Å². The lowest BCUT2D eigenvalue weighted by Crippen LogP contribution is -2.39. The molecular weight excluding hydrogens is 294 g/mol. The average molecular weight is 317 g/mol. The summed E-state index contributed by atoms with van der Waals surface area (Å²) in [6, 6.07) is 14.2. The molecule has 0 saturated carbocycles. The van der Waals surface area contributed by atoms with Crippen LogP contribution in [-0.2, 0) is 17.9 Å². The number of nitrogens with two attached hydrogens (primary N) is 1. The first kappa shape index (κ1) is 16.7. The first-order chi connectivity index (χ1) is 10.7. The van der Waals surface area contributed by atoms with E-state index < -0.39 is 0 Å². The first-order valence-electron chi connectivity index (χ1n) is 7.41. The highest BCUT2D eigenvalue weighted by Gasteiger charge is 2.15. The van der Waals surface area contributed by atoms with Crippen LogP contribution >= 0.6 is 11.3 Å². The quantitative estimate of drug-likeness (QED) is 0.812. The number of benzene rings is 1. The summed E-state index contributed by atoms with van der Waals surface area (Å²) in [6.07, 6.45) is 0. The van der Waals surface area contributed by atoms with Gasteiger partial charge >= 0.3 is 0 Å². The van der Waals surface area contributed by atoms with E-state index in [0.29, 0.717) is 26.2 Å². The minimum atomic E-state index is 0.123. The number of rotatable bonds is 8. The summed E-state index contributed by atoms with van der Waals surface area (Å²) in [7, 11) is 1.85. The van der Waals surface area contributed by atoms with Gasteiger partial charge in [-0.15, -0.1) is 11.3 Å². The molecule has 0 fully saturated rings. The smallest absolute Gasteiger partial charge is 0.236 e. The van der Waals surface area contributed by atoms with Crippen molar-refractivity contribution in [3.63, 3.8) is 0 Å². The number of nitrogens with zero attached hydrogens (tertiary/aromatic N) is 2. The van der Waals surface area contributed by atoms with Gasteiger partial charge in [-0.3, -0.25) is 9.69 Å². The first-order valence-corrected chi connectivity index (χ1v) is 8.29. The molecule has 4 nitrogen and oxygen atoms in total. The summed E-state index contributed by atoms with van der Waals surface area (Å²) in [5, 5.41) is 2.03. The third kappa shape index (κ3) is 5.26. The van der Waals surface area contributed by atoms with Crippen LogP contribution in [0.4, 0.5) is 0 Å². The van der Waals surface area contributed by atoms with Crippen molar-refractivity contribution in [2.75, 3.05) is 26.7 Å². The van der Waals surface area contributed by atoms with Gasteiger partial charge in [0.05, 0.1) is 13.1 Å². The van der Waals surface area contributed by atoms with Crippen LogP contribution in [-0.4, -0.2) is 42.4 Å². The Morgan fingerprint density at radius 3 is 2.55 bits per heavy atom. The molecule has 1 amide bonds. The molecule has 2 N–H and O–H groups in total. The molecule has 22 heavy (non-hydrogen) atoms. The SMILES string of the molecule is CN(Cc1cccs1)C(=O)CN(CCN)Cc1ccccc1. The van der Waals surface area contributed by atoms with Crippen LogP contribution in [0.3, 0.4) is 0 Å². The molecule has 2 rings (SSSR count). The molecule has 1 aromatic heterocycles. The highest BCUT2D eigenvalue weighted by atomic mass is 32.1. The van der Waals surface area contributed by atoms with Crippen molar-refractivity contribution in [2.24, 2.45) is 5.73 Å². The summed E-state index contributed by atoms with van der Waals surface area (Å²) in [6.45, 7) is 3.07. The van der Waals surface area contributed by atoms with Gasteiger partial charge < -0.3 is 10.6 Å². The summed E-state index contributed by atoms with van der Waals surface area (Å²) >= 11 is 1.67. The maximum atomic E-state index is 12.4. The zero-order chi connectivity index (χ0) is 15.8. The molecule has 118 valence electrons. The van der Waals surface area contributed by atoms with Crippen LogP contribution in [0.5, 0.6) is 0 Å². The summed E-state index contributed by atoms with van der Waals surface area (Å²) in [5.41, 5.74) is 6.88. The van der Waals surface area contributed by atoms with E-state index in [2.05, 4.69) is 23.1 Å². The van der Waals surface area contributed by atoms with E-state index in [-0.39, 0.29) is 5.91 Å². The number of carbonyl (C=O) groups is 1. The second kappa shape index (κ2) is 8.68. The summed E-state index contributed by atoms with van der Waals surface area (Å²) in [4.78, 5) is 17.5. The monoisotopic (exact) mass is 317 g/mol. The van der Waals surface area contributed by atoms with Crippen LogP contribution in [0.1, 0.15) is 10.4 Å². The molecule has 0 radical (unpaired) electrons. The van der Waals surface area contributed by atoms with Gasteiger partial charge in [-0.1, -0.05) is 36.4 Å². The van der Waals surface area contributed by atoms with E-state index in [9.17, 15) is 4.79 Å². The van der Waals surface area contributed by atoms with Gasteiger partial charge in [-0.2, -0.15) is 0 Å². The van der Waals surface area contributed by atoms with Crippen molar-refractivity contribution in [2.45, 2.75) is 13.1 Å². The van der Waals surface area contributed by atoms with Crippen LogP contribution < -0.4 is 5.73 Å². The van der Waals surface area contributed by atoms with Crippen molar-refractivity contribution in [3.8, 4) is 0 Å². The largest absolute Gasteiger partial charge is 0.340 e. The topological polar surface area (TPSA) is 49.6 Å². The minimum absolute atomic E-state index is 0.123. The highest BCUT2D eigenvalue weighted by molar-refractivity contribution is 7.09. The van der Waals surface area contributed by atoms with E-state index in [1.165, 1.54) is 10.4 Å². The van der Waals surface area contributed by atoms with Gasteiger partial charge in [0.15, 0.2) is 0 Å². The Balaban J connectivity index is 1.90. The van der Waals surface area contributed by atoms with E-state index in [1.807, 2.05) is 36.7 Å². The zero-order valence-corrected chi connectivity index (χ0v) is 13.8. The predicted octanol–water partition coefficient (Wildman–Crippen LogP) is 2.17. The molecule has 0 unspecified atom stereocenters. The fourth-order valence-electron chi connectivity index (χ4n) is 2.27. The molecule has 0 aliphatic carbocycles. The molecule has 0 aliphatic heterocycles. The van der Waals surface area contributed by atoms with Gasteiger partial charge in [-0.25, -0.2) is 0 Å². The molecular formula is C17H23N3OS. The Bertz CT molecular complexity index is 557. The second-order valence-electron chi connectivity index (χ2n) is 5.31. The number of thiophene rings is 1. The third-order valence-corrected chi connectivity index (χ3v) is 4.31. The molecule has 0 bridgehead atoms. The molecule has 0 saturated heterocycles. The molecule has 2 aromatic rings. The van der Waals surface area contributed by atoms with Crippen molar-refractivity contribution >= 4 is 17.2 Å². The molecule has 0 aliphatic rings.